The van der Waals surface area contributed by atoms with Crippen LogP contribution in [0.2, 0.25) is 0 Å². The molecule has 1 fully saturated rings. The molecule has 1 aliphatic heterocycles. The minimum atomic E-state index is -0.400. The first-order chi connectivity index (χ1) is 11.1. The lowest BCUT2D eigenvalue weighted by molar-refractivity contribution is -0.138. The lowest BCUT2D eigenvalue weighted by atomic mass is 9.89. The molecule has 1 saturated carbocycles. The number of halogens is 1. The van der Waals surface area contributed by atoms with E-state index in [9.17, 15) is 9.18 Å². The molecule has 128 valence electrons. The van der Waals surface area contributed by atoms with E-state index in [1.54, 1.807) is 4.90 Å². The summed E-state index contributed by atoms with van der Waals surface area (Å²) in [5.74, 6) is -0.351. The highest BCUT2D eigenvalue weighted by Crippen LogP contribution is 2.31. The minimum absolute atomic E-state index is 0.0321. The molecule has 2 aliphatic rings. The molecule has 0 unspecified atom stereocenters. The van der Waals surface area contributed by atoms with E-state index in [4.69, 9.17) is 10.5 Å². The van der Waals surface area contributed by atoms with Crippen LogP contribution >= 0.6 is 0 Å². The molecule has 0 atom stereocenters. The lowest BCUT2D eigenvalue weighted by Crippen LogP contribution is -2.48. The molecular formula is C16H25FN4O2. The Hall–Kier alpha value is -1.73. The number of ether oxygens (including phenoxy) is 1. The monoisotopic (exact) mass is 324 g/mol. The molecule has 0 aromatic rings. The Morgan fingerprint density at radius 1 is 1.52 bits per heavy atom. The molecule has 0 radical (unpaired) electrons. The number of hydrogen-bond acceptors (Lipinski definition) is 5. The normalized spacial score (nSPS) is 26.3. The van der Waals surface area contributed by atoms with E-state index in [1.807, 2.05) is 0 Å². The van der Waals surface area contributed by atoms with E-state index in [-0.39, 0.29) is 24.4 Å². The van der Waals surface area contributed by atoms with Crippen LogP contribution in [0.3, 0.4) is 0 Å². The molecule has 1 heterocycles. The van der Waals surface area contributed by atoms with Crippen LogP contribution in [0.15, 0.2) is 28.5 Å². The maximum Gasteiger partial charge on any atom is 0.265 e. The fourth-order valence-electron chi connectivity index (χ4n) is 3.18. The van der Waals surface area contributed by atoms with Crippen LogP contribution < -0.4 is 11.1 Å². The first-order valence-corrected chi connectivity index (χ1v) is 8.00. The van der Waals surface area contributed by atoms with E-state index >= 15 is 0 Å². The molecule has 0 bridgehead atoms. The third-order valence-corrected chi connectivity index (χ3v) is 4.20. The van der Waals surface area contributed by atoms with Crippen molar-refractivity contribution in [3.05, 3.63) is 23.5 Å². The molecule has 3 N–H and O–H groups in total. The number of carbonyl (C=O) groups is 1. The van der Waals surface area contributed by atoms with Crippen molar-refractivity contribution in [3.8, 4) is 0 Å². The molecule has 0 aromatic carbocycles. The van der Waals surface area contributed by atoms with Gasteiger partial charge in [-0.05, 0) is 45.4 Å². The summed E-state index contributed by atoms with van der Waals surface area (Å²) in [6.07, 6.45) is 4.90. The van der Waals surface area contributed by atoms with Gasteiger partial charge in [0.25, 0.3) is 5.91 Å². The topological polar surface area (TPSA) is 80.0 Å². The zero-order chi connectivity index (χ0) is 16.8. The minimum Gasteiger partial charge on any atom is -0.466 e. The third-order valence-electron chi connectivity index (χ3n) is 4.20. The number of hydrogen-bond donors (Lipinski definition) is 2. The van der Waals surface area contributed by atoms with E-state index < -0.39 is 5.83 Å². The number of allylic oxidation sites excluding steroid dienone is 2. The molecule has 1 amide bonds. The van der Waals surface area contributed by atoms with Crippen molar-refractivity contribution in [1.82, 2.24) is 10.2 Å². The summed E-state index contributed by atoms with van der Waals surface area (Å²) >= 11 is 0. The van der Waals surface area contributed by atoms with Crippen molar-refractivity contribution < 1.29 is 13.9 Å². The Morgan fingerprint density at radius 2 is 2.22 bits per heavy atom. The summed E-state index contributed by atoms with van der Waals surface area (Å²) in [4.78, 5) is 17.7. The second-order valence-corrected chi connectivity index (χ2v) is 5.88. The second kappa shape index (κ2) is 8.21. The fraction of sp³-hybridized carbons (Fsp3) is 0.625. The quantitative estimate of drug-likeness (QED) is 0.725. The Kier molecular flexibility index (Phi) is 6.29. The summed E-state index contributed by atoms with van der Waals surface area (Å²) in [5.41, 5.74) is 5.88. The van der Waals surface area contributed by atoms with Gasteiger partial charge < -0.3 is 20.7 Å². The van der Waals surface area contributed by atoms with Gasteiger partial charge in [-0.25, -0.2) is 9.38 Å². The van der Waals surface area contributed by atoms with Gasteiger partial charge in [0.15, 0.2) is 6.61 Å². The number of rotatable bonds is 6. The summed E-state index contributed by atoms with van der Waals surface area (Å²) in [7, 11) is 0. The van der Waals surface area contributed by atoms with Crippen LogP contribution in [0.4, 0.5) is 4.39 Å². The van der Waals surface area contributed by atoms with E-state index in [0.29, 0.717) is 18.3 Å². The second-order valence-electron chi connectivity index (χ2n) is 5.88. The van der Waals surface area contributed by atoms with Gasteiger partial charge in [0.1, 0.15) is 5.70 Å². The van der Waals surface area contributed by atoms with Crippen LogP contribution in [-0.4, -0.2) is 49.3 Å². The van der Waals surface area contributed by atoms with Crippen LogP contribution in [0, 0.1) is 0 Å². The summed E-state index contributed by atoms with van der Waals surface area (Å²) in [6.45, 7) is 6.11. The Labute approximate surface area is 136 Å². The van der Waals surface area contributed by atoms with E-state index in [1.165, 1.54) is 13.0 Å². The zero-order valence-electron chi connectivity index (χ0n) is 13.6. The number of amides is 1. The standard InChI is InChI=1S/C16H25FN4O2/c1-11(17)9-14-16(19-2)23-10-15(22)21(14)13-5-3-12(4-6-13)20-8-7-18/h9,12-13,20H,2-8,10,18H2,1H3/b11-9+/t12-,13-. The van der Waals surface area contributed by atoms with Crippen molar-refractivity contribution in [3.63, 3.8) is 0 Å². The van der Waals surface area contributed by atoms with Crippen LogP contribution in [0.5, 0.6) is 0 Å². The molecule has 0 saturated heterocycles. The van der Waals surface area contributed by atoms with E-state index in [2.05, 4.69) is 17.0 Å². The maximum absolute atomic E-state index is 13.4. The molecule has 7 heteroatoms. The molecule has 23 heavy (non-hydrogen) atoms. The Bertz CT molecular complexity index is 506. The average Bonchev–Trinajstić information content (AvgIpc) is 2.54. The maximum atomic E-state index is 13.4. The first-order valence-electron chi connectivity index (χ1n) is 8.00. The van der Waals surface area contributed by atoms with Crippen molar-refractivity contribution >= 4 is 12.6 Å². The predicted octanol–water partition coefficient (Wildman–Crippen LogP) is 1.45. The largest absolute Gasteiger partial charge is 0.466 e. The van der Waals surface area contributed by atoms with Crippen molar-refractivity contribution in [2.75, 3.05) is 19.7 Å². The lowest BCUT2D eigenvalue weighted by Gasteiger charge is -2.39. The molecular weight excluding hydrogens is 299 g/mol. The number of carbonyl (C=O) groups excluding carboxylic acids is 1. The first kappa shape index (κ1) is 17.6. The molecule has 2 rings (SSSR count). The van der Waals surface area contributed by atoms with Gasteiger partial charge in [-0.2, -0.15) is 0 Å². The van der Waals surface area contributed by atoms with Crippen LogP contribution in [0.1, 0.15) is 32.6 Å². The number of nitrogens with one attached hydrogen (secondary N) is 1. The third kappa shape index (κ3) is 4.39. The SMILES string of the molecule is C=NC1=C(/C=C(\C)F)N([C@H]2CC[C@H](NCCN)CC2)C(=O)CO1. The zero-order valence-corrected chi connectivity index (χ0v) is 13.6. The number of nitrogens with zero attached hydrogens (tertiary/aromatic N) is 2. The van der Waals surface area contributed by atoms with Gasteiger partial charge in [-0.3, -0.25) is 4.79 Å². The molecule has 0 aromatic heterocycles. The van der Waals surface area contributed by atoms with Gasteiger partial charge in [0, 0.05) is 25.2 Å². The van der Waals surface area contributed by atoms with Gasteiger partial charge in [-0.1, -0.05) is 0 Å². The van der Waals surface area contributed by atoms with Gasteiger partial charge >= 0.3 is 0 Å². The Morgan fingerprint density at radius 3 is 2.78 bits per heavy atom. The van der Waals surface area contributed by atoms with Crippen LogP contribution in [0.25, 0.3) is 0 Å². The predicted molar refractivity (Wildman–Crippen MR) is 87.3 cm³/mol. The number of nitrogens with two attached hydrogens (primary N) is 1. The smallest absolute Gasteiger partial charge is 0.265 e. The summed E-state index contributed by atoms with van der Waals surface area (Å²) in [6, 6.07) is 0.457. The summed E-state index contributed by atoms with van der Waals surface area (Å²) in [5, 5.41) is 3.40. The highest BCUT2D eigenvalue weighted by molar-refractivity contribution is 5.81. The number of aliphatic imine (C=N–C) groups is 1. The molecule has 6 nitrogen and oxygen atoms in total. The summed E-state index contributed by atoms with van der Waals surface area (Å²) < 4.78 is 18.7. The molecule has 1 aliphatic carbocycles. The van der Waals surface area contributed by atoms with Crippen LogP contribution in [-0.2, 0) is 9.53 Å². The van der Waals surface area contributed by atoms with Crippen molar-refractivity contribution in [2.45, 2.75) is 44.7 Å². The van der Waals surface area contributed by atoms with Gasteiger partial charge in [0.2, 0.25) is 5.88 Å². The average molecular weight is 324 g/mol. The fourth-order valence-corrected chi connectivity index (χ4v) is 3.18. The van der Waals surface area contributed by atoms with Crippen molar-refractivity contribution in [2.24, 2.45) is 10.7 Å². The van der Waals surface area contributed by atoms with Gasteiger partial charge in [0.05, 0.1) is 5.83 Å². The highest BCUT2D eigenvalue weighted by atomic mass is 19.1. The van der Waals surface area contributed by atoms with E-state index in [0.717, 1.165) is 32.2 Å². The molecule has 0 spiro atoms. The van der Waals surface area contributed by atoms with Gasteiger partial charge in [-0.15, -0.1) is 0 Å². The van der Waals surface area contributed by atoms with Crippen molar-refractivity contribution in [1.29, 1.82) is 0 Å². The highest BCUT2D eigenvalue weighted by Gasteiger charge is 2.35. The Balaban J connectivity index is 2.14.